The number of carbonyl (C=O) groups is 2. The van der Waals surface area contributed by atoms with Gasteiger partial charge in [-0.05, 0) is 19.4 Å². The van der Waals surface area contributed by atoms with Crippen molar-refractivity contribution in [1.29, 1.82) is 0 Å². The van der Waals surface area contributed by atoms with E-state index in [1.807, 2.05) is 6.20 Å². The Balaban J connectivity index is 1.73. The van der Waals surface area contributed by atoms with Crippen molar-refractivity contribution in [3.05, 3.63) is 34.4 Å². The molecule has 7 heteroatoms. The van der Waals surface area contributed by atoms with Gasteiger partial charge in [-0.15, -0.1) is 0 Å². The average Bonchev–Trinajstić information content (AvgIpc) is 3.09. The first-order valence-corrected chi connectivity index (χ1v) is 8.13. The smallest absolute Gasteiger partial charge is 0.253 e. The van der Waals surface area contributed by atoms with Crippen LogP contribution in [0, 0.1) is 13.8 Å². The summed E-state index contributed by atoms with van der Waals surface area (Å²) in [6.45, 7) is 6.44. The molecule has 0 aromatic carbocycles. The number of hydrogen-bond donors (Lipinski definition) is 2. The van der Waals surface area contributed by atoms with E-state index in [1.165, 1.54) is 6.92 Å². The summed E-state index contributed by atoms with van der Waals surface area (Å²) in [5.41, 5.74) is 3.31. The van der Waals surface area contributed by atoms with Gasteiger partial charge in [-0.2, -0.15) is 0 Å². The molecule has 6 nitrogen and oxygen atoms in total. The second-order valence-corrected chi connectivity index (χ2v) is 6.48. The SMILES string of the molecule is CC(=O)c1[nH]c(C)c(C(=O)NCc2cn3c(n2)SCC3)c1C. The van der Waals surface area contributed by atoms with E-state index >= 15 is 0 Å². The Hall–Kier alpha value is -2.02. The van der Waals surface area contributed by atoms with E-state index in [1.54, 1.807) is 25.6 Å². The molecule has 0 fully saturated rings. The number of hydrogen-bond acceptors (Lipinski definition) is 4. The number of ketones is 1. The van der Waals surface area contributed by atoms with Gasteiger partial charge >= 0.3 is 0 Å². The van der Waals surface area contributed by atoms with Crippen molar-refractivity contribution in [3.63, 3.8) is 0 Å². The van der Waals surface area contributed by atoms with Gasteiger partial charge in [-0.25, -0.2) is 4.98 Å². The van der Waals surface area contributed by atoms with Crippen molar-refractivity contribution >= 4 is 23.5 Å². The van der Waals surface area contributed by atoms with Crippen molar-refractivity contribution in [2.24, 2.45) is 0 Å². The van der Waals surface area contributed by atoms with E-state index in [0.717, 1.165) is 23.1 Å². The number of amides is 1. The molecule has 0 radical (unpaired) electrons. The second kappa shape index (κ2) is 5.64. The highest BCUT2D eigenvalue weighted by atomic mass is 32.2. The first kappa shape index (κ1) is 14.9. The zero-order valence-electron chi connectivity index (χ0n) is 12.8. The van der Waals surface area contributed by atoms with Crippen molar-refractivity contribution in [1.82, 2.24) is 19.9 Å². The molecule has 2 N–H and O–H groups in total. The average molecular weight is 318 g/mol. The van der Waals surface area contributed by atoms with Crippen LogP contribution < -0.4 is 5.32 Å². The fourth-order valence-corrected chi connectivity index (χ4v) is 3.71. The van der Waals surface area contributed by atoms with E-state index in [4.69, 9.17) is 0 Å². The van der Waals surface area contributed by atoms with Crippen LogP contribution in [0.4, 0.5) is 0 Å². The molecule has 2 aromatic heterocycles. The van der Waals surface area contributed by atoms with Crippen molar-refractivity contribution in [2.75, 3.05) is 5.75 Å². The van der Waals surface area contributed by atoms with Crippen LogP contribution in [-0.4, -0.2) is 32.0 Å². The summed E-state index contributed by atoms with van der Waals surface area (Å²) in [4.78, 5) is 31.4. The highest BCUT2D eigenvalue weighted by Crippen LogP contribution is 2.24. The molecule has 0 saturated heterocycles. The van der Waals surface area contributed by atoms with E-state index < -0.39 is 0 Å². The molecule has 3 heterocycles. The molecular weight excluding hydrogens is 300 g/mol. The number of nitrogens with zero attached hydrogens (tertiary/aromatic N) is 2. The monoisotopic (exact) mass is 318 g/mol. The molecule has 0 unspecified atom stereocenters. The largest absolute Gasteiger partial charge is 0.355 e. The van der Waals surface area contributed by atoms with Crippen LogP contribution in [0.15, 0.2) is 11.4 Å². The maximum Gasteiger partial charge on any atom is 0.253 e. The molecule has 116 valence electrons. The van der Waals surface area contributed by atoms with Crippen LogP contribution >= 0.6 is 11.8 Å². The molecule has 1 aliphatic heterocycles. The normalized spacial score (nSPS) is 13.2. The van der Waals surface area contributed by atoms with Gasteiger partial charge in [0.2, 0.25) is 0 Å². The number of rotatable bonds is 4. The molecule has 1 aliphatic rings. The third-order valence-electron chi connectivity index (χ3n) is 3.80. The van der Waals surface area contributed by atoms with Crippen LogP contribution in [-0.2, 0) is 13.1 Å². The maximum absolute atomic E-state index is 12.4. The molecule has 0 saturated carbocycles. The Kier molecular flexibility index (Phi) is 3.82. The van der Waals surface area contributed by atoms with Gasteiger partial charge < -0.3 is 14.9 Å². The molecule has 0 bridgehead atoms. The minimum Gasteiger partial charge on any atom is -0.355 e. The Morgan fingerprint density at radius 3 is 2.86 bits per heavy atom. The zero-order valence-corrected chi connectivity index (χ0v) is 13.6. The summed E-state index contributed by atoms with van der Waals surface area (Å²) in [6.07, 6.45) is 1.98. The number of H-pyrrole nitrogens is 1. The fourth-order valence-electron chi connectivity index (χ4n) is 2.75. The molecule has 2 aromatic rings. The van der Waals surface area contributed by atoms with Gasteiger partial charge in [0, 0.05) is 31.1 Å². The van der Waals surface area contributed by atoms with Crippen LogP contribution in [0.3, 0.4) is 0 Å². The molecular formula is C15H18N4O2S. The summed E-state index contributed by atoms with van der Waals surface area (Å²) in [5.74, 6) is 0.812. The second-order valence-electron chi connectivity index (χ2n) is 5.42. The molecule has 0 spiro atoms. The van der Waals surface area contributed by atoms with E-state index in [2.05, 4.69) is 19.9 Å². The quantitative estimate of drug-likeness (QED) is 0.846. The first-order chi connectivity index (χ1) is 10.5. The molecule has 3 rings (SSSR count). The number of nitrogens with one attached hydrogen (secondary N) is 2. The Bertz CT molecular complexity index is 738. The van der Waals surface area contributed by atoms with Crippen molar-refractivity contribution < 1.29 is 9.59 Å². The minimum absolute atomic E-state index is 0.0674. The van der Waals surface area contributed by atoms with Crippen LogP contribution in [0.25, 0.3) is 0 Å². The third-order valence-corrected chi connectivity index (χ3v) is 4.77. The van der Waals surface area contributed by atoms with Gasteiger partial charge in [-0.1, -0.05) is 11.8 Å². The highest BCUT2D eigenvalue weighted by molar-refractivity contribution is 7.99. The third kappa shape index (κ3) is 2.56. The molecule has 1 amide bonds. The lowest BCUT2D eigenvalue weighted by molar-refractivity contribution is 0.0949. The number of thioether (sulfide) groups is 1. The summed E-state index contributed by atoms with van der Waals surface area (Å²) in [7, 11) is 0. The lowest BCUT2D eigenvalue weighted by Gasteiger charge is -2.04. The first-order valence-electron chi connectivity index (χ1n) is 7.14. The summed E-state index contributed by atoms with van der Waals surface area (Å²) >= 11 is 1.73. The van der Waals surface area contributed by atoms with Gasteiger partial charge in [0.05, 0.1) is 23.5 Å². The number of aromatic amines is 1. The van der Waals surface area contributed by atoms with Gasteiger partial charge in [0.25, 0.3) is 5.91 Å². The Morgan fingerprint density at radius 2 is 2.23 bits per heavy atom. The van der Waals surface area contributed by atoms with E-state index in [0.29, 0.717) is 29.1 Å². The lowest BCUT2D eigenvalue weighted by Crippen LogP contribution is -2.24. The minimum atomic E-state index is -0.181. The highest BCUT2D eigenvalue weighted by Gasteiger charge is 2.20. The predicted molar refractivity (Wildman–Crippen MR) is 84.4 cm³/mol. The summed E-state index contributed by atoms with van der Waals surface area (Å²) < 4.78 is 2.10. The van der Waals surface area contributed by atoms with Crippen LogP contribution in [0.2, 0.25) is 0 Å². The number of imidazole rings is 1. The maximum atomic E-state index is 12.4. The number of aryl methyl sites for hydroxylation is 2. The molecule has 22 heavy (non-hydrogen) atoms. The molecule has 0 aliphatic carbocycles. The van der Waals surface area contributed by atoms with Crippen molar-refractivity contribution in [2.45, 2.75) is 39.0 Å². The van der Waals surface area contributed by atoms with E-state index in [9.17, 15) is 9.59 Å². The number of Topliss-reactive ketones (excluding diaryl/α,β-unsaturated/α-hetero) is 1. The topological polar surface area (TPSA) is 79.8 Å². The number of aromatic nitrogens is 3. The number of fused-ring (bicyclic) bond motifs is 1. The Morgan fingerprint density at radius 1 is 1.45 bits per heavy atom. The summed E-state index contributed by atoms with van der Waals surface area (Å²) in [5, 5.41) is 3.89. The predicted octanol–water partition coefficient (Wildman–Crippen LogP) is 2.07. The van der Waals surface area contributed by atoms with Crippen LogP contribution in [0.1, 0.15) is 44.7 Å². The number of carbonyl (C=O) groups excluding carboxylic acids is 2. The fraction of sp³-hybridized carbons (Fsp3) is 0.400. The van der Waals surface area contributed by atoms with Gasteiger partial charge in [0.15, 0.2) is 10.9 Å². The van der Waals surface area contributed by atoms with Gasteiger partial charge in [0.1, 0.15) is 0 Å². The summed E-state index contributed by atoms with van der Waals surface area (Å²) in [6, 6.07) is 0. The standard InChI is InChI=1S/C15H18N4O2S/c1-8-12(9(2)17-13(8)10(3)20)14(21)16-6-11-7-19-4-5-22-15(19)18-11/h7,17H,4-6H2,1-3H3,(H,16,21). The van der Waals surface area contributed by atoms with E-state index in [-0.39, 0.29) is 11.7 Å². The van der Waals surface area contributed by atoms with Crippen molar-refractivity contribution in [3.8, 4) is 0 Å². The zero-order chi connectivity index (χ0) is 15.9. The Labute approximate surface area is 132 Å². The lowest BCUT2D eigenvalue weighted by atomic mass is 10.1. The molecule has 0 atom stereocenters. The van der Waals surface area contributed by atoms with Gasteiger partial charge in [-0.3, -0.25) is 9.59 Å². The van der Waals surface area contributed by atoms with Crippen LogP contribution in [0.5, 0.6) is 0 Å².